The van der Waals surface area contributed by atoms with E-state index in [0.717, 1.165) is 21.7 Å². The van der Waals surface area contributed by atoms with Gasteiger partial charge in [-0.25, -0.2) is 9.78 Å². The molecule has 0 saturated carbocycles. The summed E-state index contributed by atoms with van der Waals surface area (Å²) in [6.07, 6.45) is 0. The van der Waals surface area contributed by atoms with E-state index < -0.39 is 37.2 Å². The Hall–Kier alpha value is -3.35. The predicted octanol–water partition coefficient (Wildman–Crippen LogP) is 1.97. The number of hydrogen-bond donors (Lipinski definition) is 6. The van der Waals surface area contributed by atoms with Crippen molar-refractivity contribution < 1.29 is 34.8 Å². The number of nitrogens with two attached hydrogens (primary N) is 2. The number of carbonyl (C=O) groups is 2. The number of aromatic nitrogens is 1. The van der Waals surface area contributed by atoms with E-state index >= 15 is 0 Å². The first-order chi connectivity index (χ1) is 17.0. The van der Waals surface area contributed by atoms with Gasteiger partial charge in [0.2, 0.25) is 5.88 Å². The van der Waals surface area contributed by atoms with Crippen LogP contribution in [0.2, 0.25) is 0 Å². The molecular formula is C25H31N3O7S. The van der Waals surface area contributed by atoms with E-state index in [2.05, 4.69) is 4.98 Å². The highest BCUT2D eigenvalue weighted by Gasteiger charge is 2.22. The summed E-state index contributed by atoms with van der Waals surface area (Å²) in [6.45, 7) is 2.89. The van der Waals surface area contributed by atoms with E-state index in [-0.39, 0.29) is 29.5 Å². The third-order valence-corrected chi connectivity index (χ3v) is 6.07. The fraction of sp³-hybridized carbons (Fsp3) is 0.320. The minimum Gasteiger partial charge on any atom is -0.478 e. The fourth-order valence-electron chi connectivity index (χ4n) is 2.94. The van der Waals surface area contributed by atoms with E-state index in [9.17, 15) is 9.59 Å². The van der Waals surface area contributed by atoms with E-state index in [1.54, 1.807) is 23.5 Å². The van der Waals surface area contributed by atoms with Gasteiger partial charge in [-0.05, 0) is 46.7 Å². The van der Waals surface area contributed by atoms with Gasteiger partial charge in [-0.15, -0.1) is 11.3 Å². The number of thiophene rings is 1. The Morgan fingerprint density at radius 2 is 1.69 bits per heavy atom. The van der Waals surface area contributed by atoms with Crippen LogP contribution in [0, 0.1) is 0 Å². The molecule has 11 heteroatoms. The average molecular weight is 518 g/mol. The molecule has 8 N–H and O–H groups in total. The Morgan fingerprint density at radius 3 is 2.11 bits per heavy atom. The monoisotopic (exact) mass is 517 g/mol. The lowest BCUT2D eigenvalue weighted by molar-refractivity contribution is 0.0691. The molecule has 0 unspecified atom stereocenters. The number of aromatic carboxylic acids is 1. The number of benzene rings is 1. The number of nitrogens with zero attached hydrogens (tertiary/aromatic N) is 1. The third kappa shape index (κ3) is 7.57. The summed E-state index contributed by atoms with van der Waals surface area (Å²) in [7, 11) is 0. The molecule has 1 amide bonds. The van der Waals surface area contributed by atoms with E-state index in [4.69, 9.17) is 36.6 Å². The van der Waals surface area contributed by atoms with Crippen LogP contribution in [-0.4, -0.2) is 62.6 Å². The molecule has 0 radical (unpaired) electrons. The van der Waals surface area contributed by atoms with Crippen LogP contribution in [0.3, 0.4) is 0 Å². The quantitative estimate of drug-likeness (QED) is 0.233. The highest BCUT2D eigenvalue weighted by molar-refractivity contribution is 7.13. The molecule has 0 aliphatic heterocycles. The molecule has 0 aliphatic carbocycles. The van der Waals surface area contributed by atoms with Crippen molar-refractivity contribution in [1.82, 2.24) is 4.98 Å². The second-order valence-electron chi connectivity index (χ2n) is 8.40. The highest BCUT2D eigenvalue weighted by Crippen LogP contribution is 2.33. The molecule has 3 rings (SSSR count). The number of hydrogen-bond acceptors (Lipinski definition) is 9. The van der Waals surface area contributed by atoms with Crippen molar-refractivity contribution in [2.24, 2.45) is 11.5 Å². The van der Waals surface area contributed by atoms with Gasteiger partial charge in [-0.2, -0.15) is 0 Å². The molecule has 0 saturated heterocycles. The summed E-state index contributed by atoms with van der Waals surface area (Å²) < 4.78 is 5.86. The summed E-state index contributed by atoms with van der Waals surface area (Å²) in [5, 5.41) is 36.0. The van der Waals surface area contributed by atoms with Crippen LogP contribution in [-0.2, 0) is 6.61 Å². The largest absolute Gasteiger partial charge is 0.478 e. The SMILES string of the molecule is CC(C)c1cc(-c2cccs2)nc(OCc2ccc(C(=O)O)cc2)c1C(N)=O.NC(CO)(CO)CO. The van der Waals surface area contributed by atoms with E-state index in [1.165, 1.54) is 12.1 Å². The number of aliphatic hydroxyl groups is 3. The molecule has 2 aromatic heterocycles. The summed E-state index contributed by atoms with van der Waals surface area (Å²) in [5.74, 6) is -1.34. The maximum Gasteiger partial charge on any atom is 0.335 e. The number of ether oxygens (including phenoxy) is 1. The molecule has 194 valence electrons. The second-order valence-corrected chi connectivity index (χ2v) is 9.35. The number of carboxylic acid groups (broad SMARTS) is 1. The van der Waals surface area contributed by atoms with Crippen LogP contribution in [0.15, 0.2) is 47.8 Å². The van der Waals surface area contributed by atoms with Crippen molar-refractivity contribution >= 4 is 23.2 Å². The molecule has 0 aliphatic rings. The first-order valence-corrected chi connectivity index (χ1v) is 11.9. The van der Waals surface area contributed by atoms with Gasteiger partial charge in [0.25, 0.3) is 5.91 Å². The molecule has 0 bridgehead atoms. The zero-order valence-electron chi connectivity index (χ0n) is 20.0. The Bertz CT molecular complexity index is 1140. The van der Waals surface area contributed by atoms with Gasteiger partial charge in [0.15, 0.2) is 0 Å². The zero-order valence-corrected chi connectivity index (χ0v) is 20.9. The fourth-order valence-corrected chi connectivity index (χ4v) is 3.63. The first kappa shape index (κ1) is 28.9. The smallest absolute Gasteiger partial charge is 0.335 e. The zero-order chi connectivity index (χ0) is 26.9. The lowest BCUT2D eigenvalue weighted by Gasteiger charge is -2.20. The van der Waals surface area contributed by atoms with Gasteiger partial charge in [-0.1, -0.05) is 32.0 Å². The summed E-state index contributed by atoms with van der Waals surface area (Å²) in [5.41, 5.74) is 12.3. The van der Waals surface area contributed by atoms with Gasteiger partial charge in [-0.3, -0.25) is 4.79 Å². The van der Waals surface area contributed by atoms with Crippen molar-refractivity contribution in [3.63, 3.8) is 0 Å². The van der Waals surface area contributed by atoms with E-state index in [1.807, 2.05) is 37.4 Å². The van der Waals surface area contributed by atoms with Gasteiger partial charge in [0.05, 0.1) is 41.5 Å². The molecule has 10 nitrogen and oxygen atoms in total. The number of carbonyl (C=O) groups excluding carboxylic acids is 1. The third-order valence-electron chi connectivity index (χ3n) is 5.18. The van der Waals surface area contributed by atoms with Crippen LogP contribution in [0.1, 0.15) is 51.6 Å². The maximum absolute atomic E-state index is 12.1. The summed E-state index contributed by atoms with van der Waals surface area (Å²) in [4.78, 5) is 28.6. The summed E-state index contributed by atoms with van der Waals surface area (Å²) >= 11 is 1.55. The molecule has 3 aromatic rings. The molecule has 1 aromatic carbocycles. The topological polar surface area (TPSA) is 189 Å². The second kappa shape index (κ2) is 13.1. The number of pyridine rings is 1. The maximum atomic E-state index is 12.1. The van der Waals surface area contributed by atoms with Crippen molar-refractivity contribution in [1.29, 1.82) is 0 Å². The number of primary amides is 1. The van der Waals surface area contributed by atoms with Gasteiger partial charge < -0.3 is 36.6 Å². The first-order valence-electron chi connectivity index (χ1n) is 11.0. The molecule has 36 heavy (non-hydrogen) atoms. The molecule has 2 heterocycles. The molecule has 0 atom stereocenters. The number of rotatable bonds is 10. The van der Waals surface area contributed by atoms with Gasteiger partial charge in [0, 0.05) is 0 Å². The Morgan fingerprint density at radius 1 is 1.08 bits per heavy atom. The van der Waals surface area contributed by atoms with Crippen LogP contribution in [0.25, 0.3) is 10.6 Å². The Kier molecular flexibility index (Phi) is 10.5. The summed E-state index contributed by atoms with van der Waals surface area (Å²) in [6, 6.07) is 12.1. The Labute approximate surface area is 212 Å². The number of aliphatic hydroxyl groups excluding tert-OH is 3. The lowest BCUT2D eigenvalue weighted by atomic mass is 9.97. The van der Waals surface area contributed by atoms with Crippen LogP contribution in [0.5, 0.6) is 5.88 Å². The normalized spacial score (nSPS) is 11.1. The van der Waals surface area contributed by atoms with Crippen molar-refractivity contribution in [2.75, 3.05) is 19.8 Å². The molecular weight excluding hydrogens is 486 g/mol. The standard InChI is InChI=1S/C21H20N2O4S.C4H11NO3/c1-12(2)15-10-16(17-4-3-9-28-17)23-20(18(15)19(22)24)27-11-13-5-7-14(8-6-13)21(25)26;5-4(1-6,2-7)3-8/h3-10,12H,11H2,1-2H3,(H2,22,24)(H,25,26);6-8H,1-3,5H2. The van der Waals surface area contributed by atoms with Crippen molar-refractivity contribution in [2.45, 2.75) is 31.9 Å². The van der Waals surface area contributed by atoms with Crippen LogP contribution < -0.4 is 16.2 Å². The lowest BCUT2D eigenvalue weighted by Crippen LogP contribution is -2.50. The van der Waals surface area contributed by atoms with Crippen LogP contribution >= 0.6 is 11.3 Å². The predicted molar refractivity (Wildman–Crippen MR) is 136 cm³/mol. The average Bonchev–Trinajstić information content (AvgIpc) is 3.42. The van der Waals surface area contributed by atoms with Crippen molar-refractivity contribution in [3.05, 3.63) is 70.1 Å². The number of carboxylic acids is 1. The van der Waals surface area contributed by atoms with Crippen LogP contribution in [0.4, 0.5) is 0 Å². The minimum atomic E-state index is -1.21. The molecule has 0 fully saturated rings. The van der Waals surface area contributed by atoms with Gasteiger partial charge in [0.1, 0.15) is 12.2 Å². The Balaban J connectivity index is 0.000000493. The molecule has 0 spiro atoms. The van der Waals surface area contributed by atoms with Crippen molar-refractivity contribution in [3.8, 4) is 16.5 Å². The highest BCUT2D eigenvalue weighted by atomic mass is 32.1. The van der Waals surface area contributed by atoms with Gasteiger partial charge >= 0.3 is 5.97 Å². The minimum absolute atomic E-state index is 0.0569. The van der Waals surface area contributed by atoms with E-state index in [0.29, 0.717) is 0 Å². The number of amides is 1.